The fraction of sp³-hybridized carbons (Fsp3) is 1.00. The van der Waals surface area contributed by atoms with E-state index < -0.39 is 30.5 Å². The molecule has 1 saturated heterocycles. The maximum Gasteiger partial charge on any atom is 0.459 e. The van der Waals surface area contributed by atoms with Gasteiger partial charge in [0.2, 0.25) is 0 Å². The summed E-state index contributed by atoms with van der Waals surface area (Å²) < 4.78 is 85.9. The lowest BCUT2D eigenvalue weighted by Gasteiger charge is -2.29. The number of halogens is 7. The van der Waals surface area contributed by atoms with E-state index in [1.54, 1.807) is 0 Å². The van der Waals surface area contributed by atoms with Crippen LogP contribution >= 0.6 is 0 Å². The molecule has 0 bridgehead atoms. The van der Waals surface area contributed by atoms with Crippen molar-refractivity contribution in [1.82, 2.24) is 5.32 Å². The molecule has 0 amide bonds. The quantitative estimate of drug-likeness (QED) is 0.762. The highest BCUT2D eigenvalue weighted by atomic mass is 19.4. The highest BCUT2D eigenvalue weighted by Gasteiger charge is 2.72. The Kier molecular flexibility index (Phi) is 3.42. The molecule has 1 rings (SSSR count). The lowest BCUT2D eigenvalue weighted by Crippen LogP contribution is -2.53. The zero-order valence-electron chi connectivity index (χ0n) is 8.05. The lowest BCUT2D eigenvalue weighted by molar-refractivity contribution is -0.356. The fourth-order valence-corrected chi connectivity index (χ4v) is 1.58. The molecular formula is C8H10F7N. The second-order valence-corrected chi connectivity index (χ2v) is 3.77. The number of hydrogen-bond donors (Lipinski definition) is 1. The molecule has 1 heterocycles. The van der Waals surface area contributed by atoms with E-state index >= 15 is 0 Å². The molecule has 16 heavy (non-hydrogen) atoms. The molecule has 1 atom stereocenters. The molecule has 1 N–H and O–H groups in total. The van der Waals surface area contributed by atoms with E-state index in [4.69, 9.17) is 0 Å². The molecule has 0 saturated carbocycles. The summed E-state index contributed by atoms with van der Waals surface area (Å²) >= 11 is 0. The summed E-state index contributed by atoms with van der Waals surface area (Å²) in [6.45, 7) is 0.359. The SMILES string of the molecule is FC(F)(F)C(F)(F)C(F)(F)CC1CCCN1. The van der Waals surface area contributed by atoms with Crippen LogP contribution in [-0.2, 0) is 0 Å². The highest BCUT2D eigenvalue weighted by Crippen LogP contribution is 2.48. The maximum atomic E-state index is 12.8. The number of nitrogens with one attached hydrogen (secondary N) is 1. The van der Waals surface area contributed by atoms with Crippen molar-refractivity contribution in [3.63, 3.8) is 0 Å². The first-order valence-corrected chi connectivity index (χ1v) is 4.64. The molecule has 1 nitrogen and oxygen atoms in total. The third kappa shape index (κ3) is 2.41. The molecular weight excluding hydrogens is 243 g/mol. The summed E-state index contributed by atoms with van der Waals surface area (Å²) in [6.07, 6.45) is -7.05. The standard InChI is InChI=1S/C8H10F7N/c9-6(10,4-5-2-1-3-16-5)7(11,12)8(13,14)15/h5,16H,1-4H2. The van der Waals surface area contributed by atoms with E-state index in [-0.39, 0.29) is 6.42 Å². The number of hydrogen-bond acceptors (Lipinski definition) is 1. The van der Waals surface area contributed by atoms with E-state index in [0.29, 0.717) is 13.0 Å². The van der Waals surface area contributed by atoms with Crippen molar-refractivity contribution in [1.29, 1.82) is 0 Å². The Morgan fingerprint density at radius 2 is 1.56 bits per heavy atom. The largest absolute Gasteiger partial charge is 0.459 e. The van der Waals surface area contributed by atoms with Crippen LogP contribution < -0.4 is 5.32 Å². The predicted octanol–water partition coefficient (Wildman–Crippen LogP) is 2.96. The molecule has 8 heteroatoms. The number of rotatable bonds is 3. The molecule has 0 aromatic rings. The smallest absolute Gasteiger partial charge is 0.314 e. The van der Waals surface area contributed by atoms with Crippen molar-refractivity contribution in [2.24, 2.45) is 0 Å². The first kappa shape index (κ1) is 13.5. The van der Waals surface area contributed by atoms with Gasteiger partial charge in [-0.1, -0.05) is 0 Å². The summed E-state index contributed by atoms with van der Waals surface area (Å²) in [5.41, 5.74) is 0. The van der Waals surface area contributed by atoms with Crippen LogP contribution in [0.2, 0.25) is 0 Å². The van der Waals surface area contributed by atoms with Crippen molar-refractivity contribution < 1.29 is 30.7 Å². The highest BCUT2D eigenvalue weighted by molar-refractivity contribution is 4.94. The minimum atomic E-state index is -6.23. The van der Waals surface area contributed by atoms with Crippen molar-refractivity contribution in [3.05, 3.63) is 0 Å². The molecule has 1 fully saturated rings. The Labute approximate surface area is 87.0 Å². The van der Waals surface area contributed by atoms with Crippen LogP contribution in [0.5, 0.6) is 0 Å². The summed E-state index contributed by atoms with van der Waals surface area (Å²) in [5, 5.41) is 2.46. The van der Waals surface area contributed by atoms with E-state index in [9.17, 15) is 30.7 Å². The summed E-state index contributed by atoms with van der Waals surface area (Å²) in [6, 6.07) is -0.983. The van der Waals surface area contributed by atoms with Gasteiger partial charge in [-0.05, 0) is 19.4 Å². The molecule has 1 aliphatic rings. The Balaban J connectivity index is 2.75. The maximum absolute atomic E-state index is 12.8. The molecule has 0 aliphatic carbocycles. The topological polar surface area (TPSA) is 12.0 Å². The zero-order chi connectivity index (χ0) is 12.6. The average Bonchev–Trinajstić information content (AvgIpc) is 2.53. The lowest BCUT2D eigenvalue weighted by atomic mass is 10.0. The van der Waals surface area contributed by atoms with Crippen molar-refractivity contribution >= 4 is 0 Å². The van der Waals surface area contributed by atoms with Crippen LogP contribution in [0.25, 0.3) is 0 Å². The summed E-state index contributed by atoms with van der Waals surface area (Å²) in [4.78, 5) is 0. The van der Waals surface area contributed by atoms with E-state index in [0.717, 1.165) is 0 Å². The van der Waals surface area contributed by atoms with Gasteiger partial charge in [0.05, 0.1) is 0 Å². The van der Waals surface area contributed by atoms with Gasteiger partial charge in [0.1, 0.15) is 0 Å². The van der Waals surface area contributed by atoms with E-state index in [2.05, 4.69) is 5.32 Å². The molecule has 0 radical (unpaired) electrons. The van der Waals surface area contributed by atoms with Crippen LogP contribution in [-0.4, -0.2) is 30.6 Å². The van der Waals surface area contributed by atoms with Crippen molar-refractivity contribution in [2.75, 3.05) is 6.54 Å². The van der Waals surface area contributed by atoms with Crippen LogP contribution in [0, 0.1) is 0 Å². The van der Waals surface area contributed by atoms with Gasteiger partial charge in [-0.2, -0.15) is 30.7 Å². The van der Waals surface area contributed by atoms with Crippen LogP contribution in [0.3, 0.4) is 0 Å². The van der Waals surface area contributed by atoms with Crippen molar-refractivity contribution in [2.45, 2.75) is 43.3 Å². The molecule has 1 unspecified atom stereocenters. The molecule has 0 aromatic heterocycles. The van der Waals surface area contributed by atoms with Gasteiger partial charge in [0, 0.05) is 12.5 Å². The monoisotopic (exact) mass is 253 g/mol. The second-order valence-electron chi connectivity index (χ2n) is 3.77. The second kappa shape index (κ2) is 4.05. The fourth-order valence-electron chi connectivity index (χ4n) is 1.58. The van der Waals surface area contributed by atoms with Crippen LogP contribution in [0.4, 0.5) is 30.7 Å². The van der Waals surface area contributed by atoms with Gasteiger partial charge in [0.15, 0.2) is 0 Å². The minimum Gasteiger partial charge on any atom is -0.314 e. The molecule has 96 valence electrons. The number of alkyl halides is 7. The Morgan fingerprint density at radius 1 is 1.00 bits per heavy atom. The Bertz CT molecular complexity index is 241. The van der Waals surface area contributed by atoms with Crippen molar-refractivity contribution in [3.8, 4) is 0 Å². The van der Waals surface area contributed by atoms with Gasteiger partial charge >= 0.3 is 18.0 Å². The van der Waals surface area contributed by atoms with Gasteiger partial charge in [-0.25, -0.2) is 0 Å². The summed E-state index contributed by atoms with van der Waals surface area (Å²) in [5.74, 6) is -11.1. The summed E-state index contributed by atoms with van der Waals surface area (Å²) in [7, 11) is 0. The Morgan fingerprint density at radius 3 is 1.94 bits per heavy atom. The van der Waals surface area contributed by atoms with Gasteiger partial charge in [-0.3, -0.25) is 0 Å². The minimum absolute atomic E-state index is 0.184. The predicted molar refractivity (Wildman–Crippen MR) is 41.6 cm³/mol. The third-order valence-electron chi connectivity index (χ3n) is 2.48. The van der Waals surface area contributed by atoms with Crippen LogP contribution in [0.1, 0.15) is 19.3 Å². The zero-order valence-corrected chi connectivity index (χ0v) is 8.05. The molecule has 0 aromatic carbocycles. The van der Waals surface area contributed by atoms with Crippen LogP contribution in [0.15, 0.2) is 0 Å². The molecule has 1 aliphatic heterocycles. The first-order valence-electron chi connectivity index (χ1n) is 4.64. The van der Waals surface area contributed by atoms with Gasteiger partial charge in [-0.15, -0.1) is 0 Å². The van der Waals surface area contributed by atoms with Gasteiger partial charge < -0.3 is 5.32 Å². The normalized spacial score (nSPS) is 23.8. The van der Waals surface area contributed by atoms with E-state index in [1.165, 1.54) is 0 Å². The molecule has 0 spiro atoms. The Hall–Kier alpha value is -0.530. The average molecular weight is 253 g/mol. The first-order chi connectivity index (χ1) is 7.08. The third-order valence-corrected chi connectivity index (χ3v) is 2.48. The van der Waals surface area contributed by atoms with Gasteiger partial charge in [0.25, 0.3) is 0 Å². The van der Waals surface area contributed by atoms with E-state index in [1.807, 2.05) is 0 Å².